The van der Waals surface area contributed by atoms with Gasteiger partial charge in [-0.1, -0.05) is 85.6 Å². The third-order valence-electron chi connectivity index (χ3n) is 5.34. The molecule has 0 bridgehead atoms. The Labute approximate surface area is 206 Å². The van der Waals surface area contributed by atoms with Crippen LogP contribution < -0.4 is 16.0 Å². The molecule has 0 fully saturated rings. The summed E-state index contributed by atoms with van der Waals surface area (Å²) in [6.45, 7) is 8.13. The molecule has 33 heavy (non-hydrogen) atoms. The zero-order valence-electron chi connectivity index (χ0n) is 19.1. The van der Waals surface area contributed by atoms with Gasteiger partial charge in [0.05, 0.1) is 0 Å². The molecule has 3 amide bonds. The van der Waals surface area contributed by atoms with Crippen LogP contribution in [0.1, 0.15) is 45.6 Å². The summed E-state index contributed by atoms with van der Waals surface area (Å²) >= 11 is 4.73. The van der Waals surface area contributed by atoms with E-state index in [1.54, 1.807) is 0 Å². The number of nitrogens with one attached hydrogen (secondary N) is 3. The molecule has 0 aliphatic rings. The predicted octanol–water partition coefficient (Wildman–Crippen LogP) is 6.27. The standard InChI is InChI=1S/C24H28BrN5O2S/c1-5-15(4)20(27-23(32)26-19-11-9-16(10-12-19)14(2)3)21(31)28-24-30-29-22(33-24)17-7-6-8-18(25)13-17/h6-15,20H,5H2,1-4H3,(H2,26,27,32)(H,28,30,31)/t15-,20-/m1/s1. The van der Waals surface area contributed by atoms with E-state index in [1.807, 2.05) is 62.4 Å². The number of aromatic nitrogens is 2. The van der Waals surface area contributed by atoms with Gasteiger partial charge in [0.25, 0.3) is 0 Å². The average molecular weight is 530 g/mol. The lowest BCUT2D eigenvalue weighted by molar-refractivity contribution is -0.119. The highest BCUT2D eigenvalue weighted by atomic mass is 79.9. The molecular weight excluding hydrogens is 502 g/mol. The Morgan fingerprint density at radius 3 is 2.39 bits per heavy atom. The van der Waals surface area contributed by atoms with Crippen molar-refractivity contribution in [3.63, 3.8) is 0 Å². The maximum absolute atomic E-state index is 13.0. The number of benzene rings is 2. The number of hydrogen-bond donors (Lipinski definition) is 3. The van der Waals surface area contributed by atoms with E-state index in [0.717, 1.165) is 16.5 Å². The maximum atomic E-state index is 13.0. The van der Waals surface area contributed by atoms with Crippen molar-refractivity contribution in [1.29, 1.82) is 0 Å². The molecule has 3 N–H and O–H groups in total. The third kappa shape index (κ3) is 6.85. The van der Waals surface area contributed by atoms with E-state index < -0.39 is 12.1 Å². The molecule has 0 unspecified atom stereocenters. The van der Waals surface area contributed by atoms with Crippen LogP contribution >= 0.6 is 27.3 Å². The number of nitrogens with zero attached hydrogens (tertiary/aromatic N) is 2. The minimum Gasteiger partial charge on any atom is -0.326 e. The first-order valence-corrected chi connectivity index (χ1v) is 12.5. The van der Waals surface area contributed by atoms with Crippen LogP contribution in [0.15, 0.2) is 53.0 Å². The summed E-state index contributed by atoms with van der Waals surface area (Å²) in [5.74, 6) is 0.0128. The molecule has 1 aromatic heterocycles. The Bertz CT molecular complexity index is 1100. The van der Waals surface area contributed by atoms with E-state index in [-0.39, 0.29) is 11.8 Å². The zero-order valence-corrected chi connectivity index (χ0v) is 21.5. The molecule has 0 saturated heterocycles. The van der Waals surface area contributed by atoms with Gasteiger partial charge in [-0.05, 0) is 41.7 Å². The highest BCUT2D eigenvalue weighted by Crippen LogP contribution is 2.28. The fraction of sp³-hybridized carbons (Fsp3) is 0.333. The number of carbonyl (C=O) groups excluding carboxylic acids is 2. The van der Waals surface area contributed by atoms with E-state index in [0.29, 0.717) is 21.7 Å². The Kier molecular flexibility index (Phi) is 8.57. The van der Waals surface area contributed by atoms with Crippen molar-refractivity contribution in [1.82, 2.24) is 15.5 Å². The Hall–Kier alpha value is -2.78. The topological polar surface area (TPSA) is 96.0 Å². The van der Waals surface area contributed by atoms with Gasteiger partial charge in [0, 0.05) is 15.7 Å². The largest absolute Gasteiger partial charge is 0.326 e. The predicted molar refractivity (Wildman–Crippen MR) is 138 cm³/mol. The molecule has 0 saturated carbocycles. The Balaban J connectivity index is 1.65. The van der Waals surface area contributed by atoms with Crippen LogP contribution in [0.5, 0.6) is 0 Å². The van der Waals surface area contributed by atoms with Crippen molar-refractivity contribution in [2.75, 3.05) is 10.6 Å². The van der Waals surface area contributed by atoms with Gasteiger partial charge in [-0.25, -0.2) is 4.79 Å². The first-order valence-electron chi connectivity index (χ1n) is 10.8. The molecule has 0 aliphatic heterocycles. The first-order chi connectivity index (χ1) is 15.8. The molecule has 2 aromatic carbocycles. The Morgan fingerprint density at radius 1 is 1.03 bits per heavy atom. The summed E-state index contributed by atoms with van der Waals surface area (Å²) in [5, 5.41) is 17.8. The average Bonchev–Trinajstić information content (AvgIpc) is 3.25. The van der Waals surface area contributed by atoms with Crippen molar-refractivity contribution >= 4 is 50.0 Å². The van der Waals surface area contributed by atoms with Crippen LogP contribution in [0.4, 0.5) is 15.6 Å². The second-order valence-corrected chi connectivity index (χ2v) is 10.0. The molecule has 0 radical (unpaired) electrons. The smallest absolute Gasteiger partial charge is 0.319 e. The van der Waals surface area contributed by atoms with Crippen molar-refractivity contribution < 1.29 is 9.59 Å². The zero-order chi connectivity index (χ0) is 24.0. The number of rotatable bonds is 8. The number of amides is 3. The number of anilines is 2. The van der Waals surface area contributed by atoms with Gasteiger partial charge in [0.15, 0.2) is 0 Å². The lowest BCUT2D eigenvalue weighted by Gasteiger charge is -2.23. The van der Waals surface area contributed by atoms with Crippen molar-refractivity contribution in [3.8, 4) is 10.6 Å². The summed E-state index contributed by atoms with van der Waals surface area (Å²) in [6.07, 6.45) is 0.723. The summed E-state index contributed by atoms with van der Waals surface area (Å²) in [6, 6.07) is 14.2. The van der Waals surface area contributed by atoms with Gasteiger partial charge in [-0.3, -0.25) is 10.1 Å². The Morgan fingerprint density at radius 2 is 1.76 bits per heavy atom. The van der Waals surface area contributed by atoms with Gasteiger partial charge >= 0.3 is 6.03 Å². The summed E-state index contributed by atoms with van der Waals surface area (Å²) in [7, 11) is 0. The van der Waals surface area contributed by atoms with Gasteiger partial charge in [-0.2, -0.15) is 0 Å². The molecule has 0 aliphatic carbocycles. The van der Waals surface area contributed by atoms with Gasteiger partial charge in [-0.15, -0.1) is 10.2 Å². The summed E-state index contributed by atoms with van der Waals surface area (Å²) in [5.41, 5.74) is 2.77. The van der Waals surface area contributed by atoms with Gasteiger partial charge in [0.1, 0.15) is 11.0 Å². The minimum absolute atomic E-state index is 0.0727. The van der Waals surface area contributed by atoms with Crippen LogP contribution in [0, 0.1) is 5.92 Å². The van der Waals surface area contributed by atoms with E-state index in [2.05, 4.69) is 55.9 Å². The van der Waals surface area contributed by atoms with Crippen molar-refractivity contribution in [3.05, 3.63) is 58.6 Å². The second kappa shape index (κ2) is 11.4. The molecule has 174 valence electrons. The number of carbonyl (C=O) groups is 2. The van der Waals surface area contributed by atoms with Crippen LogP contribution in [0.25, 0.3) is 10.6 Å². The van der Waals surface area contributed by atoms with Crippen LogP contribution in [-0.4, -0.2) is 28.2 Å². The first kappa shape index (κ1) is 24.9. The van der Waals surface area contributed by atoms with E-state index in [4.69, 9.17) is 0 Å². The lowest BCUT2D eigenvalue weighted by atomic mass is 9.98. The number of urea groups is 1. The van der Waals surface area contributed by atoms with Crippen molar-refractivity contribution in [2.45, 2.75) is 46.1 Å². The number of hydrogen-bond acceptors (Lipinski definition) is 5. The third-order valence-corrected chi connectivity index (χ3v) is 6.72. The highest BCUT2D eigenvalue weighted by Gasteiger charge is 2.27. The van der Waals surface area contributed by atoms with Crippen LogP contribution in [-0.2, 0) is 4.79 Å². The van der Waals surface area contributed by atoms with Crippen molar-refractivity contribution in [2.24, 2.45) is 5.92 Å². The number of halogens is 1. The summed E-state index contributed by atoms with van der Waals surface area (Å²) < 4.78 is 0.937. The quantitative estimate of drug-likeness (QED) is 0.320. The normalized spacial score (nSPS) is 12.8. The molecule has 1 heterocycles. The van der Waals surface area contributed by atoms with Crippen LogP contribution in [0.3, 0.4) is 0 Å². The maximum Gasteiger partial charge on any atom is 0.319 e. The molecule has 7 nitrogen and oxygen atoms in total. The fourth-order valence-corrected chi connectivity index (χ4v) is 4.30. The second-order valence-electron chi connectivity index (χ2n) is 8.15. The SMILES string of the molecule is CC[C@@H](C)[C@@H](NC(=O)Nc1ccc(C(C)C)cc1)C(=O)Nc1nnc(-c2cccc(Br)c2)s1. The van der Waals surface area contributed by atoms with E-state index in [9.17, 15) is 9.59 Å². The molecule has 0 spiro atoms. The molecule has 9 heteroatoms. The molecule has 2 atom stereocenters. The lowest BCUT2D eigenvalue weighted by Crippen LogP contribution is -2.49. The molecule has 3 rings (SSSR count). The molecular formula is C24H28BrN5O2S. The fourth-order valence-electron chi connectivity index (χ4n) is 3.16. The summed E-state index contributed by atoms with van der Waals surface area (Å²) in [4.78, 5) is 25.6. The highest BCUT2D eigenvalue weighted by molar-refractivity contribution is 9.10. The van der Waals surface area contributed by atoms with E-state index in [1.165, 1.54) is 16.9 Å². The molecule has 3 aromatic rings. The monoisotopic (exact) mass is 529 g/mol. The minimum atomic E-state index is -0.719. The van der Waals surface area contributed by atoms with Gasteiger partial charge < -0.3 is 10.6 Å². The van der Waals surface area contributed by atoms with Gasteiger partial charge in [0.2, 0.25) is 11.0 Å². The van der Waals surface area contributed by atoms with E-state index >= 15 is 0 Å². The van der Waals surface area contributed by atoms with Crippen LogP contribution in [0.2, 0.25) is 0 Å².